The molecule has 96 valence electrons. The van der Waals surface area contributed by atoms with Crippen molar-refractivity contribution >= 4 is 11.9 Å². The Morgan fingerprint density at radius 3 is 2.61 bits per heavy atom. The number of rotatable bonds is 2. The van der Waals surface area contributed by atoms with Gasteiger partial charge in [-0.1, -0.05) is 12.1 Å². The van der Waals surface area contributed by atoms with Crippen molar-refractivity contribution in [2.75, 3.05) is 6.54 Å². The average Bonchev–Trinajstić information content (AvgIpc) is 2.77. The van der Waals surface area contributed by atoms with Crippen molar-refractivity contribution in [2.45, 2.75) is 12.3 Å². The molecule has 7 heteroatoms. The van der Waals surface area contributed by atoms with Crippen molar-refractivity contribution in [3.05, 3.63) is 35.4 Å². The maximum Gasteiger partial charge on any atom is 0.417 e. The maximum atomic E-state index is 12.7. The molecule has 1 aliphatic rings. The van der Waals surface area contributed by atoms with Gasteiger partial charge in [0, 0.05) is 5.56 Å². The van der Waals surface area contributed by atoms with Gasteiger partial charge in [0.1, 0.15) is 0 Å². The van der Waals surface area contributed by atoms with Gasteiger partial charge in [0.2, 0.25) is 12.0 Å². The molecule has 1 atom stereocenters. The number of hydrogen-bond donors (Lipinski definition) is 1. The van der Waals surface area contributed by atoms with Crippen LogP contribution in [0.15, 0.2) is 29.3 Å². The Kier molecular flexibility index (Phi) is 2.98. The number of ether oxygens (including phenoxy) is 1. The topological polar surface area (TPSA) is 58.9 Å². The van der Waals surface area contributed by atoms with E-state index >= 15 is 0 Å². The number of hydrogen-bond acceptors (Lipinski definition) is 3. The molecule has 0 bridgehead atoms. The predicted molar refractivity (Wildman–Crippen MR) is 55.4 cm³/mol. The summed E-state index contributed by atoms with van der Waals surface area (Å²) in [5.74, 6) is -1.53. The predicted octanol–water partition coefficient (Wildman–Crippen LogP) is 1.94. The van der Waals surface area contributed by atoms with E-state index in [0.29, 0.717) is 0 Å². The van der Waals surface area contributed by atoms with E-state index in [1.54, 1.807) is 0 Å². The molecule has 1 aromatic carbocycles. The molecule has 1 aliphatic heterocycles. The lowest BCUT2D eigenvalue weighted by Gasteiger charge is -2.13. The third-order valence-corrected chi connectivity index (χ3v) is 2.39. The summed E-state index contributed by atoms with van der Waals surface area (Å²) in [5.41, 5.74) is -1.14. The monoisotopic (exact) mass is 259 g/mol. The maximum absolute atomic E-state index is 12.7. The van der Waals surface area contributed by atoms with Crippen molar-refractivity contribution in [1.29, 1.82) is 0 Å². The fourth-order valence-corrected chi connectivity index (χ4v) is 1.57. The second-order valence-electron chi connectivity index (χ2n) is 3.63. The quantitative estimate of drug-likeness (QED) is 0.882. The number of aliphatic carboxylic acids is 1. The third-order valence-electron chi connectivity index (χ3n) is 2.39. The highest BCUT2D eigenvalue weighted by Crippen LogP contribution is 2.33. The normalized spacial score (nSPS) is 19.3. The van der Waals surface area contributed by atoms with Crippen LogP contribution in [0.1, 0.15) is 11.1 Å². The fourth-order valence-electron chi connectivity index (χ4n) is 1.57. The molecule has 0 fully saturated rings. The van der Waals surface area contributed by atoms with Gasteiger partial charge in [-0.2, -0.15) is 13.2 Å². The second-order valence-corrected chi connectivity index (χ2v) is 3.63. The van der Waals surface area contributed by atoms with Crippen LogP contribution in [0.3, 0.4) is 0 Å². The molecule has 1 heterocycles. The summed E-state index contributed by atoms with van der Waals surface area (Å²) in [5, 5.41) is 8.69. The summed E-state index contributed by atoms with van der Waals surface area (Å²) in [6.07, 6.45) is -5.76. The summed E-state index contributed by atoms with van der Waals surface area (Å²) < 4.78 is 43.1. The van der Waals surface area contributed by atoms with Crippen LogP contribution in [-0.2, 0) is 15.7 Å². The third kappa shape index (κ3) is 2.29. The van der Waals surface area contributed by atoms with Gasteiger partial charge in [0.15, 0.2) is 0 Å². The number of nitrogens with zero attached hydrogens (tertiary/aromatic N) is 1. The van der Waals surface area contributed by atoms with E-state index in [9.17, 15) is 18.0 Å². The molecule has 4 nitrogen and oxygen atoms in total. The molecule has 0 amide bonds. The van der Waals surface area contributed by atoms with Crippen molar-refractivity contribution in [2.24, 2.45) is 4.99 Å². The van der Waals surface area contributed by atoms with Crippen LogP contribution in [0, 0.1) is 0 Å². The fraction of sp³-hybridized carbons (Fsp3) is 0.273. The van der Waals surface area contributed by atoms with Crippen LogP contribution in [0.25, 0.3) is 0 Å². The van der Waals surface area contributed by atoms with Gasteiger partial charge in [-0.25, -0.2) is 9.79 Å². The lowest BCUT2D eigenvalue weighted by molar-refractivity contribution is -0.144. The highest BCUT2D eigenvalue weighted by molar-refractivity contribution is 5.98. The molecule has 1 N–H and O–H groups in total. The Morgan fingerprint density at radius 2 is 2.06 bits per heavy atom. The number of benzene rings is 1. The van der Waals surface area contributed by atoms with Crippen LogP contribution >= 0.6 is 0 Å². The van der Waals surface area contributed by atoms with E-state index < -0.39 is 23.8 Å². The Balaban J connectivity index is 2.34. The van der Waals surface area contributed by atoms with Gasteiger partial charge in [-0.3, -0.25) is 0 Å². The van der Waals surface area contributed by atoms with Gasteiger partial charge in [-0.15, -0.1) is 0 Å². The Hall–Kier alpha value is -2.05. The first-order valence-corrected chi connectivity index (χ1v) is 5.00. The van der Waals surface area contributed by atoms with Crippen LogP contribution in [0.2, 0.25) is 0 Å². The summed E-state index contributed by atoms with van der Waals surface area (Å²) in [6.45, 7) is -0.184. The van der Waals surface area contributed by atoms with Crippen molar-refractivity contribution in [1.82, 2.24) is 0 Å². The minimum absolute atomic E-state index is 0.184. The average molecular weight is 259 g/mol. The minimum atomic E-state index is -4.54. The molecule has 2 rings (SSSR count). The molecular weight excluding hydrogens is 251 g/mol. The van der Waals surface area contributed by atoms with E-state index in [4.69, 9.17) is 9.84 Å². The van der Waals surface area contributed by atoms with Gasteiger partial charge in [-0.05, 0) is 12.1 Å². The Bertz CT molecular complexity index is 511. The standard InChI is InChI=1S/C11H8F3NO3/c12-11(13,14)7-4-2-1-3-6(7)9-15-5-8(18-9)10(16)17/h1-4,8H,5H2,(H,16,17). The zero-order valence-corrected chi connectivity index (χ0v) is 8.94. The van der Waals surface area contributed by atoms with Gasteiger partial charge < -0.3 is 9.84 Å². The number of aliphatic imine (C=N–C) groups is 1. The van der Waals surface area contributed by atoms with Crippen LogP contribution < -0.4 is 0 Å². The summed E-state index contributed by atoms with van der Waals surface area (Å²) >= 11 is 0. The number of carboxylic acid groups (broad SMARTS) is 1. The van der Waals surface area contributed by atoms with Crippen molar-refractivity contribution < 1.29 is 27.8 Å². The first-order chi connectivity index (χ1) is 8.39. The molecule has 0 saturated carbocycles. The van der Waals surface area contributed by atoms with E-state index in [1.807, 2.05) is 0 Å². The molecule has 0 radical (unpaired) electrons. The highest BCUT2D eigenvalue weighted by Gasteiger charge is 2.37. The van der Waals surface area contributed by atoms with Crippen molar-refractivity contribution in [3.63, 3.8) is 0 Å². The van der Waals surface area contributed by atoms with E-state index in [-0.39, 0.29) is 18.0 Å². The highest BCUT2D eigenvalue weighted by atomic mass is 19.4. The zero-order chi connectivity index (χ0) is 13.3. The van der Waals surface area contributed by atoms with E-state index in [1.165, 1.54) is 18.2 Å². The molecule has 0 saturated heterocycles. The van der Waals surface area contributed by atoms with Gasteiger partial charge in [0.05, 0.1) is 12.1 Å². The summed E-state index contributed by atoms with van der Waals surface area (Å²) in [7, 11) is 0. The van der Waals surface area contributed by atoms with Crippen LogP contribution in [0.4, 0.5) is 13.2 Å². The molecule has 0 aliphatic carbocycles. The second kappa shape index (κ2) is 4.32. The first kappa shape index (κ1) is 12.4. The molecule has 0 spiro atoms. The van der Waals surface area contributed by atoms with Crippen LogP contribution in [0.5, 0.6) is 0 Å². The summed E-state index contributed by atoms with van der Waals surface area (Å²) in [6, 6.07) is 4.75. The van der Waals surface area contributed by atoms with Crippen molar-refractivity contribution in [3.8, 4) is 0 Å². The van der Waals surface area contributed by atoms with Gasteiger partial charge >= 0.3 is 12.1 Å². The van der Waals surface area contributed by atoms with Crippen LogP contribution in [-0.4, -0.2) is 29.6 Å². The smallest absolute Gasteiger partial charge is 0.417 e. The van der Waals surface area contributed by atoms with E-state index in [0.717, 1.165) is 6.07 Å². The lowest BCUT2D eigenvalue weighted by Crippen LogP contribution is -2.24. The number of alkyl halides is 3. The Morgan fingerprint density at radius 1 is 1.39 bits per heavy atom. The van der Waals surface area contributed by atoms with Gasteiger partial charge in [0.25, 0.3) is 0 Å². The molecule has 0 aromatic heterocycles. The number of halogens is 3. The number of carboxylic acids is 1. The minimum Gasteiger partial charge on any atom is -0.478 e. The van der Waals surface area contributed by atoms with E-state index in [2.05, 4.69) is 4.99 Å². The number of carbonyl (C=O) groups is 1. The molecule has 18 heavy (non-hydrogen) atoms. The zero-order valence-electron chi connectivity index (χ0n) is 8.94. The summed E-state index contributed by atoms with van der Waals surface area (Å²) in [4.78, 5) is 14.3. The molecule has 1 unspecified atom stereocenters. The molecule has 1 aromatic rings. The molecular formula is C11H8F3NO3. The SMILES string of the molecule is O=C(O)C1CN=C(c2ccccc2C(F)(F)F)O1. The first-order valence-electron chi connectivity index (χ1n) is 5.00. The lowest BCUT2D eigenvalue weighted by atomic mass is 10.1. The Labute approximate surface area is 99.7 Å². The largest absolute Gasteiger partial charge is 0.478 e.